The Bertz CT molecular complexity index is 2640. The standard InChI is InChI=1S/C43H29N3O/c1-43(2)31-22-12-9-19-28(31)37-39(43)36-29-20-10-13-23-34(29)46(40(36)38-30-21-11-14-24-35(30)47-41(37)38)42-44-32(26-15-5-3-6-16-26)25-33(45-42)27-17-7-4-8-18-27/h3-25H,1-2H3. The first-order valence-electron chi connectivity index (χ1n) is 16.1. The number of para-hydroxylation sites is 2. The lowest BCUT2D eigenvalue weighted by molar-refractivity contribution is 0.658. The van der Waals surface area contributed by atoms with Gasteiger partial charge in [0.1, 0.15) is 11.2 Å². The van der Waals surface area contributed by atoms with Crippen molar-refractivity contribution in [1.82, 2.24) is 14.5 Å². The highest BCUT2D eigenvalue weighted by molar-refractivity contribution is 6.30. The summed E-state index contributed by atoms with van der Waals surface area (Å²) in [5.41, 5.74) is 12.6. The first kappa shape index (κ1) is 26.2. The molecule has 9 aromatic rings. The van der Waals surface area contributed by atoms with E-state index in [9.17, 15) is 0 Å². The van der Waals surface area contributed by atoms with E-state index in [-0.39, 0.29) is 5.41 Å². The number of fused-ring (bicyclic) bond motifs is 12. The summed E-state index contributed by atoms with van der Waals surface area (Å²) in [6.07, 6.45) is 0. The average molecular weight is 604 g/mol. The minimum absolute atomic E-state index is 0.256. The zero-order chi connectivity index (χ0) is 31.3. The molecule has 4 heteroatoms. The van der Waals surface area contributed by atoms with Crippen molar-refractivity contribution in [3.63, 3.8) is 0 Å². The van der Waals surface area contributed by atoms with Crippen LogP contribution in [0.5, 0.6) is 0 Å². The lowest BCUT2D eigenvalue weighted by Gasteiger charge is -2.23. The van der Waals surface area contributed by atoms with Crippen LogP contribution >= 0.6 is 0 Å². The molecule has 0 aliphatic heterocycles. The van der Waals surface area contributed by atoms with Gasteiger partial charge in [0, 0.05) is 38.3 Å². The lowest BCUT2D eigenvalue weighted by atomic mass is 9.80. The Labute approximate surface area is 271 Å². The second-order valence-electron chi connectivity index (χ2n) is 13.0. The van der Waals surface area contributed by atoms with Crippen molar-refractivity contribution in [2.45, 2.75) is 19.3 Å². The maximum Gasteiger partial charge on any atom is 0.235 e. The first-order chi connectivity index (χ1) is 23.1. The Morgan fingerprint density at radius 1 is 0.596 bits per heavy atom. The third kappa shape index (κ3) is 3.58. The largest absolute Gasteiger partial charge is 0.455 e. The van der Waals surface area contributed by atoms with Gasteiger partial charge in [-0.25, -0.2) is 9.97 Å². The fourth-order valence-electron chi connectivity index (χ4n) is 7.94. The van der Waals surface area contributed by atoms with Crippen molar-refractivity contribution in [2.24, 2.45) is 0 Å². The van der Waals surface area contributed by atoms with Crippen molar-refractivity contribution in [2.75, 3.05) is 0 Å². The van der Waals surface area contributed by atoms with Gasteiger partial charge in [-0.1, -0.05) is 135 Å². The molecule has 0 spiro atoms. The Hall–Kier alpha value is -6.00. The summed E-state index contributed by atoms with van der Waals surface area (Å²) in [7, 11) is 0. The number of hydrogen-bond donors (Lipinski definition) is 0. The molecule has 0 atom stereocenters. The SMILES string of the molecule is CC1(C)c2ccccc2-c2c1c1c3ccccc3n(-c3nc(-c4ccccc4)cc(-c4ccccc4)n3)c1c1c2oc2ccccc21. The fraction of sp³-hybridized carbons (Fsp3) is 0.0698. The fourth-order valence-corrected chi connectivity index (χ4v) is 7.94. The molecular formula is C43H29N3O. The maximum absolute atomic E-state index is 6.87. The monoisotopic (exact) mass is 603 g/mol. The molecule has 1 aliphatic rings. The molecule has 222 valence electrons. The molecule has 1 aliphatic carbocycles. The van der Waals surface area contributed by atoms with E-state index in [0.717, 1.165) is 55.5 Å². The van der Waals surface area contributed by atoms with Gasteiger partial charge in [-0.3, -0.25) is 4.57 Å². The summed E-state index contributed by atoms with van der Waals surface area (Å²) < 4.78 is 9.16. The number of rotatable bonds is 3. The average Bonchev–Trinajstić information content (AvgIpc) is 3.75. The summed E-state index contributed by atoms with van der Waals surface area (Å²) in [6, 6.07) is 48.8. The van der Waals surface area contributed by atoms with E-state index in [4.69, 9.17) is 14.4 Å². The minimum Gasteiger partial charge on any atom is -0.455 e. The van der Waals surface area contributed by atoms with Crippen LogP contribution in [0.25, 0.3) is 83.3 Å². The molecule has 0 fully saturated rings. The number of aromatic nitrogens is 3. The molecule has 4 nitrogen and oxygen atoms in total. The van der Waals surface area contributed by atoms with Crippen molar-refractivity contribution >= 4 is 43.7 Å². The molecule has 0 radical (unpaired) electrons. The van der Waals surface area contributed by atoms with Crippen LogP contribution in [0.4, 0.5) is 0 Å². The minimum atomic E-state index is -0.256. The number of hydrogen-bond acceptors (Lipinski definition) is 3. The summed E-state index contributed by atoms with van der Waals surface area (Å²) >= 11 is 0. The molecule has 3 aromatic heterocycles. The van der Waals surface area contributed by atoms with Crippen molar-refractivity contribution in [3.8, 4) is 39.6 Å². The topological polar surface area (TPSA) is 43.9 Å². The molecule has 10 rings (SSSR count). The summed E-state index contributed by atoms with van der Waals surface area (Å²) in [6.45, 7) is 4.69. The Kier molecular flexibility index (Phi) is 5.31. The summed E-state index contributed by atoms with van der Waals surface area (Å²) in [4.78, 5) is 10.7. The van der Waals surface area contributed by atoms with Crippen LogP contribution in [0.1, 0.15) is 25.0 Å². The highest BCUT2D eigenvalue weighted by Gasteiger charge is 2.41. The van der Waals surface area contributed by atoms with E-state index in [1.807, 2.05) is 18.2 Å². The maximum atomic E-state index is 6.87. The van der Waals surface area contributed by atoms with E-state index in [1.165, 1.54) is 33.0 Å². The summed E-state index contributed by atoms with van der Waals surface area (Å²) in [5, 5.41) is 4.59. The molecular weight excluding hydrogens is 574 g/mol. The van der Waals surface area contributed by atoms with Gasteiger partial charge in [0.15, 0.2) is 0 Å². The quantitative estimate of drug-likeness (QED) is 0.202. The van der Waals surface area contributed by atoms with Crippen molar-refractivity contribution in [3.05, 3.63) is 151 Å². The van der Waals surface area contributed by atoms with Crippen molar-refractivity contribution in [1.29, 1.82) is 0 Å². The smallest absolute Gasteiger partial charge is 0.235 e. The van der Waals surface area contributed by atoms with Gasteiger partial charge >= 0.3 is 0 Å². The Morgan fingerprint density at radius 2 is 1.19 bits per heavy atom. The Morgan fingerprint density at radius 3 is 1.91 bits per heavy atom. The van der Waals surface area contributed by atoms with E-state index < -0.39 is 0 Å². The van der Waals surface area contributed by atoms with Crippen LogP contribution in [0.15, 0.2) is 144 Å². The van der Waals surface area contributed by atoms with Gasteiger partial charge in [-0.2, -0.15) is 0 Å². The van der Waals surface area contributed by atoms with Crippen LogP contribution < -0.4 is 0 Å². The number of benzene rings is 6. The zero-order valence-electron chi connectivity index (χ0n) is 26.0. The van der Waals surface area contributed by atoms with E-state index in [0.29, 0.717) is 5.95 Å². The molecule has 0 N–H and O–H groups in total. The van der Waals surface area contributed by atoms with E-state index >= 15 is 0 Å². The molecule has 0 amide bonds. The van der Waals surface area contributed by atoms with Gasteiger partial charge in [-0.05, 0) is 34.9 Å². The highest BCUT2D eigenvalue weighted by Crippen LogP contribution is 2.57. The molecule has 0 bridgehead atoms. The predicted octanol–water partition coefficient (Wildman–Crippen LogP) is 11.1. The van der Waals surface area contributed by atoms with Crippen LogP contribution in [0.2, 0.25) is 0 Å². The third-order valence-electron chi connectivity index (χ3n) is 9.98. The van der Waals surface area contributed by atoms with Gasteiger partial charge in [0.25, 0.3) is 0 Å². The normalized spacial score (nSPS) is 13.5. The van der Waals surface area contributed by atoms with Crippen LogP contribution in [-0.4, -0.2) is 14.5 Å². The van der Waals surface area contributed by atoms with Gasteiger partial charge in [0.05, 0.1) is 27.8 Å². The number of furan rings is 1. The van der Waals surface area contributed by atoms with Crippen molar-refractivity contribution < 1.29 is 4.42 Å². The molecule has 47 heavy (non-hydrogen) atoms. The van der Waals surface area contributed by atoms with Crippen LogP contribution in [0, 0.1) is 0 Å². The van der Waals surface area contributed by atoms with Gasteiger partial charge < -0.3 is 4.42 Å². The van der Waals surface area contributed by atoms with Crippen LogP contribution in [-0.2, 0) is 5.41 Å². The molecule has 0 saturated carbocycles. The van der Waals surface area contributed by atoms with Gasteiger partial charge in [-0.15, -0.1) is 0 Å². The zero-order valence-corrected chi connectivity index (χ0v) is 26.0. The lowest BCUT2D eigenvalue weighted by Crippen LogP contribution is -2.15. The molecule has 6 aromatic carbocycles. The second-order valence-corrected chi connectivity index (χ2v) is 13.0. The second kappa shape index (κ2) is 9.51. The molecule has 0 saturated heterocycles. The van der Waals surface area contributed by atoms with Gasteiger partial charge in [0.2, 0.25) is 5.95 Å². The third-order valence-corrected chi connectivity index (χ3v) is 9.98. The van der Waals surface area contributed by atoms with Crippen LogP contribution in [0.3, 0.4) is 0 Å². The summed E-state index contributed by atoms with van der Waals surface area (Å²) in [5.74, 6) is 0.635. The highest BCUT2D eigenvalue weighted by atomic mass is 16.3. The van der Waals surface area contributed by atoms with E-state index in [2.05, 4.69) is 140 Å². The first-order valence-corrected chi connectivity index (χ1v) is 16.1. The van der Waals surface area contributed by atoms with E-state index in [1.54, 1.807) is 0 Å². The number of nitrogens with zero attached hydrogens (tertiary/aromatic N) is 3. The molecule has 3 heterocycles. The Balaban J connectivity index is 1.44. The predicted molar refractivity (Wildman–Crippen MR) is 192 cm³/mol. The molecule has 0 unspecified atom stereocenters.